The molecule has 0 radical (unpaired) electrons. The average molecular weight is 475 g/mol. The molecule has 0 aliphatic rings. The minimum atomic E-state index is 0. The Hall–Kier alpha value is -1.48. The fraction of sp³-hybridized carbons (Fsp3) is 0.389. The molecule has 138 valence electrons. The highest BCUT2D eigenvalue weighted by Gasteiger charge is 2.09. The summed E-state index contributed by atoms with van der Waals surface area (Å²) in [5, 5.41) is 15.6. The molecule has 0 fully saturated rings. The van der Waals surface area contributed by atoms with Gasteiger partial charge in [0.2, 0.25) is 0 Å². The predicted molar refractivity (Wildman–Crippen MR) is 116 cm³/mol. The largest absolute Gasteiger partial charge is 0.504 e. The van der Waals surface area contributed by atoms with Crippen LogP contribution >= 0.6 is 35.3 Å². The van der Waals surface area contributed by atoms with E-state index in [-0.39, 0.29) is 29.7 Å². The van der Waals surface area contributed by atoms with Gasteiger partial charge in [0.05, 0.1) is 13.7 Å². The number of hydrogen-bond donors (Lipinski definition) is 2. The summed E-state index contributed by atoms with van der Waals surface area (Å²) in [5.41, 5.74) is 0.747. The second-order valence-corrected chi connectivity index (χ2v) is 6.42. The van der Waals surface area contributed by atoms with Crippen molar-refractivity contribution in [2.45, 2.75) is 19.9 Å². The summed E-state index contributed by atoms with van der Waals surface area (Å²) in [4.78, 5) is 8.11. The summed E-state index contributed by atoms with van der Waals surface area (Å²) in [6, 6.07) is 9.68. The van der Waals surface area contributed by atoms with Crippen molar-refractivity contribution in [3.05, 3.63) is 46.2 Å². The van der Waals surface area contributed by atoms with Crippen LogP contribution in [0.2, 0.25) is 0 Å². The molecule has 0 unspecified atom stereocenters. The smallest absolute Gasteiger partial charge is 0.193 e. The monoisotopic (exact) mass is 475 g/mol. The van der Waals surface area contributed by atoms with Crippen molar-refractivity contribution in [3.8, 4) is 11.5 Å². The highest BCUT2D eigenvalue weighted by molar-refractivity contribution is 14.0. The first-order chi connectivity index (χ1) is 11.7. The van der Waals surface area contributed by atoms with Gasteiger partial charge in [-0.05, 0) is 30.9 Å². The molecular formula is C18H26IN3O2S. The van der Waals surface area contributed by atoms with Gasteiger partial charge in [-0.3, -0.25) is 0 Å². The van der Waals surface area contributed by atoms with Crippen molar-refractivity contribution < 1.29 is 9.84 Å². The number of nitrogens with zero attached hydrogens (tertiary/aromatic N) is 2. The molecular weight excluding hydrogens is 449 g/mol. The first-order valence-electron chi connectivity index (χ1n) is 8.02. The van der Waals surface area contributed by atoms with E-state index < -0.39 is 0 Å². The topological polar surface area (TPSA) is 57.1 Å². The number of halogens is 1. The SMILES string of the molecule is CCNC(=NCc1cccc(OC)c1O)N(C)CCc1cccs1.I. The van der Waals surface area contributed by atoms with E-state index in [0.717, 1.165) is 31.0 Å². The van der Waals surface area contributed by atoms with Gasteiger partial charge in [0.15, 0.2) is 17.5 Å². The summed E-state index contributed by atoms with van der Waals surface area (Å²) in [5.74, 6) is 1.45. The maximum Gasteiger partial charge on any atom is 0.193 e. The van der Waals surface area contributed by atoms with Gasteiger partial charge in [0.25, 0.3) is 0 Å². The Balaban J connectivity index is 0.00000312. The molecule has 0 bridgehead atoms. The second kappa shape index (κ2) is 11.2. The van der Waals surface area contributed by atoms with Gasteiger partial charge in [-0.25, -0.2) is 4.99 Å². The van der Waals surface area contributed by atoms with Crippen LogP contribution in [-0.4, -0.2) is 43.2 Å². The van der Waals surface area contributed by atoms with Crippen LogP contribution in [0, 0.1) is 0 Å². The molecule has 5 nitrogen and oxygen atoms in total. The average Bonchev–Trinajstić information content (AvgIpc) is 3.11. The number of likely N-dealkylation sites (N-methyl/N-ethyl adjacent to an activating group) is 1. The second-order valence-electron chi connectivity index (χ2n) is 5.39. The molecule has 25 heavy (non-hydrogen) atoms. The molecule has 1 heterocycles. The Morgan fingerprint density at radius 3 is 2.76 bits per heavy atom. The summed E-state index contributed by atoms with van der Waals surface area (Å²) < 4.78 is 5.14. The molecule has 7 heteroatoms. The van der Waals surface area contributed by atoms with Gasteiger partial charge < -0.3 is 20.1 Å². The Morgan fingerprint density at radius 2 is 2.12 bits per heavy atom. The van der Waals surface area contributed by atoms with Crippen LogP contribution in [0.15, 0.2) is 40.7 Å². The molecule has 0 amide bonds. The Kier molecular flexibility index (Phi) is 9.66. The summed E-state index contributed by atoms with van der Waals surface area (Å²) in [7, 11) is 3.57. The molecule has 0 aliphatic heterocycles. The quantitative estimate of drug-likeness (QED) is 0.364. The van der Waals surface area contributed by atoms with E-state index in [4.69, 9.17) is 4.74 Å². The van der Waals surface area contributed by atoms with Crippen molar-refractivity contribution >= 4 is 41.3 Å². The van der Waals surface area contributed by atoms with Crippen LogP contribution in [0.4, 0.5) is 0 Å². The van der Waals surface area contributed by atoms with E-state index in [9.17, 15) is 5.11 Å². The Bertz CT molecular complexity index is 662. The van der Waals surface area contributed by atoms with Crippen LogP contribution in [0.5, 0.6) is 11.5 Å². The van der Waals surface area contributed by atoms with E-state index in [1.807, 2.05) is 26.1 Å². The number of aliphatic imine (C=N–C) groups is 1. The lowest BCUT2D eigenvalue weighted by Crippen LogP contribution is -2.39. The number of aromatic hydroxyl groups is 1. The molecule has 2 aromatic rings. The van der Waals surface area contributed by atoms with Crippen LogP contribution in [0.1, 0.15) is 17.4 Å². The minimum Gasteiger partial charge on any atom is -0.504 e. The van der Waals surface area contributed by atoms with Gasteiger partial charge in [-0.2, -0.15) is 0 Å². The van der Waals surface area contributed by atoms with E-state index in [0.29, 0.717) is 12.3 Å². The number of phenols is 1. The van der Waals surface area contributed by atoms with E-state index in [1.54, 1.807) is 24.5 Å². The van der Waals surface area contributed by atoms with Crippen LogP contribution in [0.25, 0.3) is 0 Å². The van der Waals surface area contributed by atoms with Gasteiger partial charge in [0, 0.05) is 30.6 Å². The lowest BCUT2D eigenvalue weighted by Gasteiger charge is -2.22. The van der Waals surface area contributed by atoms with E-state index in [1.165, 1.54) is 4.88 Å². The molecule has 0 saturated heterocycles. The van der Waals surface area contributed by atoms with Crippen molar-refractivity contribution in [1.82, 2.24) is 10.2 Å². The zero-order valence-corrected chi connectivity index (χ0v) is 18.0. The molecule has 0 spiro atoms. The fourth-order valence-electron chi connectivity index (χ4n) is 2.33. The molecule has 0 atom stereocenters. The van der Waals surface area contributed by atoms with Gasteiger partial charge in [0.1, 0.15) is 0 Å². The zero-order chi connectivity index (χ0) is 17.4. The van der Waals surface area contributed by atoms with Gasteiger partial charge >= 0.3 is 0 Å². The molecule has 0 aliphatic carbocycles. The fourth-order valence-corrected chi connectivity index (χ4v) is 3.03. The number of hydrogen-bond acceptors (Lipinski definition) is 4. The first-order valence-corrected chi connectivity index (χ1v) is 8.90. The maximum absolute atomic E-state index is 10.2. The van der Waals surface area contributed by atoms with E-state index >= 15 is 0 Å². The normalized spacial score (nSPS) is 10.9. The molecule has 0 saturated carbocycles. The number of phenolic OH excluding ortho intramolecular Hbond substituents is 1. The summed E-state index contributed by atoms with van der Waals surface area (Å²) in [6.07, 6.45) is 0.989. The number of benzene rings is 1. The number of rotatable bonds is 7. The summed E-state index contributed by atoms with van der Waals surface area (Å²) >= 11 is 1.77. The van der Waals surface area contributed by atoms with Crippen molar-refractivity contribution in [1.29, 1.82) is 0 Å². The van der Waals surface area contributed by atoms with E-state index in [2.05, 4.69) is 32.7 Å². The minimum absolute atomic E-state index is 0. The highest BCUT2D eigenvalue weighted by atomic mass is 127. The predicted octanol–water partition coefficient (Wildman–Crippen LogP) is 3.72. The Morgan fingerprint density at radius 1 is 1.32 bits per heavy atom. The van der Waals surface area contributed by atoms with Crippen molar-refractivity contribution in [3.63, 3.8) is 0 Å². The third-order valence-corrected chi connectivity index (χ3v) is 4.61. The van der Waals surface area contributed by atoms with Gasteiger partial charge in [-0.1, -0.05) is 18.2 Å². The third-order valence-electron chi connectivity index (χ3n) is 3.67. The highest BCUT2D eigenvalue weighted by Crippen LogP contribution is 2.29. The number of methoxy groups -OCH3 is 1. The summed E-state index contributed by atoms with van der Waals surface area (Å²) in [6.45, 7) is 4.13. The lowest BCUT2D eigenvalue weighted by molar-refractivity contribution is 0.370. The molecule has 1 aromatic carbocycles. The number of ether oxygens (including phenoxy) is 1. The Labute approximate surface area is 170 Å². The van der Waals surface area contributed by atoms with Gasteiger partial charge in [-0.15, -0.1) is 35.3 Å². The first kappa shape index (κ1) is 21.6. The van der Waals surface area contributed by atoms with Crippen LogP contribution in [-0.2, 0) is 13.0 Å². The molecule has 2 rings (SSSR count). The maximum atomic E-state index is 10.2. The number of nitrogens with one attached hydrogen (secondary N) is 1. The van der Waals surface area contributed by atoms with Crippen molar-refractivity contribution in [2.24, 2.45) is 4.99 Å². The molecule has 1 aromatic heterocycles. The zero-order valence-electron chi connectivity index (χ0n) is 14.9. The van der Waals surface area contributed by atoms with Crippen LogP contribution < -0.4 is 10.1 Å². The number of para-hydroxylation sites is 1. The third kappa shape index (κ3) is 6.39. The van der Waals surface area contributed by atoms with Crippen LogP contribution in [0.3, 0.4) is 0 Å². The van der Waals surface area contributed by atoms with Crippen molar-refractivity contribution in [2.75, 3.05) is 27.2 Å². The number of thiophene rings is 1. The number of guanidine groups is 1. The lowest BCUT2D eigenvalue weighted by atomic mass is 10.2. The standard InChI is InChI=1S/C18H25N3O2S.HI/c1-4-19-18(21(2)11-10-15-8-6-12-24-15)20-13-14-7-5-9-16(23-3)17(14)22;/h5-9,12,22H,4,10-11,13H2,1-3H3,(H,19,20);1H. The molecule has 2 N–H and O–H groups in total.